The van der Waals surface area contributed by atoms with Gasteiger partial charge in [-0.1, -0.05) is 0 Å². The van der Waals surface area contributed by atoms with Crippen LogP contribution in [0.1, 0.15) is 0 Å². The molecular weight excluding hydrogens is 372 g/mol. The Bertz CT molecular complexity index is 327. The van der Waals surface area contributed by atoms with Crippen molar-refractivity contribution < 1.29 is 0 Å². The van der Waals surface area contributed by atoms with E-state index in [1.807, 2.05) is 0 Å². The van der Waals surface area contributed by atoms with E-state index in [-0.39, 0.29) is 37.2 Å². The van der Waals surface area contributed by atoms with Gasteiger partial charge < -0.3 is 0 Å². The van der Waals surface area contributed by atoms with E-state index < -0.39 is 21.6 Å². The summed E-state index contributed by atoms with van der Waals surface area (Å²) in [5, 5.41) is 0. The number of hydrogen-bond acceptors (Lipinski definition) is 0. The first-order valence-electron chi connectivity index (χ1n) is 4.32. The normalized spacial score (nSPS) is 8.00. The number of halogens is 3. The molecule has 0 amide bonds. The molecule has 0 spiro atoms. The molecule has 2 aromatic carbocycles. The third kappa shape index (κ3) is 6.01. The summed E-state index contributed by atoms with van der Waals surface area (Å²) in [5.41, 5.74) is 0. The van der Waals surface area contributed by atoms with Gasteiger partial charge in [0.1, 0.15) is 0 Å². The molecule has 4 heteroatoms. The van der Waals surface area contributed by atoms with Crippen molar-refractivity contribution >= 4 is 65.9 Å². The average Bonchev–Trinajstić information content (AvgIpc) is 2.21. The average molecular weight is 386 g/mol. The van der Waals surface area contributed by atoms with E-state index in [1.54, 1.807) is 0 Å². The Kier molecular flexibility index (Phi) is 11.9. The minimum absolute atomic E-state index is 0. The Morgan fingerprint density at radius 3 is 1.12 bits per heavy atom. The molecule has 88 valence electrons. The van der Waals surface area contributed by atoms with Crippen molar-refractivity contribution in [3.63, 3.8) is 0 Å². The first-order chi connectivity index (χ1) is 6.45. The second-order valence-corrected chi connectivity index (χ2v) is 6.87. The Hall–Kier alpha value is 0.128. The maximum absolute atomic E-state index is 2.24. The van der Waals surface area contributed by atoms with Crippen LogP contribution in [-0.4, -0.2) is 21.6 Å². The quantitative estimate of drug-likeness (QED) is 0.696. The molecule has 0 unspecified atom stereocenters. The molecule has 0 aliphatic heterocycles. The third-order valence-corrected chi connectivity index (χ3v) is 5.39. The standard InChI is InChI=1S/2C6H5.3ClH.Sb.H/c2*1-2-4-6-5-3-1;;;;;/h2*1-5H;3*1H;;. The van der Waals surface area contributed by atoms with E-state index >= 15 is 0 Å². The zero-order valence-corrected chi connectivity index (χ0v) is 13.8. The maximum atomic E-state index is 2.24. The Balaban J connectivity index is 0. The molecule has 0 nitrogen and oxygen atoms in total. The van der Waals surface area contributed by atoms with Gasteiger partial charge in [-0.15, -0.1) is 37.2 Å². The van der Waals surface area contributed by atoms with Crippen molar-refractivity contribution in [3.05, 3.63) is 60.7 Å². The van der Waals surface area contributed by atoms with Crippen LogP contribution in [0, 0.1) is 0 Å². The van der Waals surface area contributed by atoms with E-state index in [9.17, 15) is 0 Å². The van der Waals surface area contributed by atoms with Crippen LogP contribution in [-0.2, 0) is 0 Å². The summed E-state index contributed by atoms with van der Waals surface area (Å²) >= 11 is -0.517. The zero-order chi connectivity index (χ0) is 8.93. The molecule has 0 bridgehead atoms. The van der Waals surface area contributed by atoms with Gasteiger partial charge in [0.05, 0.1) is 0 Å². The van der Waals surface area contributed by atoms with Crippen molar-refractivity contribution in [2.24, 2.45) is 0 Å². The molecular formula is C12H14Cl3Sb. The fourth-order valence-electron chi connectivity index (χ4n) is 1.21. The summed E-state index contributed by atoms with van der Waals surface area (Å²) in [6, 6.07) is 21.6. The first kappa shape index (κ1) is 18.5. The number of hydrogen-bond donors (Lipinski definition) is 0. The van der Waals surface area contributed by atoms with E-state index in [1.165, 1.54) is 7.02 Å². The number of benzene rings is 2. The van der Waals surface area contributed by atoms with E-state index in [4.69, 9.17) is 0 Å². The fraction of sp³-hybridized carbons (Fsp3) is 0. The zero-order valence-electron chi connectivity index (χ0n) is 8.50. The van der Waals surface area contributed by atoms with Crippen molar-refractivity contribution in [1.82, 2.24) is 0 Å². The summed E-state index contributed by atoms with van der Waals surface area (Å²) < 4.78 is 3.08. The van der Waals surface area contributed by atoms with Gasteiger partial charge in [0.15, 0.2) is 0 Å². The molecule has 0 heterocycles. The Labute approximate surface area is 126 Å². The molecule has 0 saturated heterocycles. The van der Waals surface area contributed by atoms with E-state index in [2.05, 4.69) is 60.7 Å². The molecule has 2 aromatic rings. The van der Waals surface area contributed by atoms with Gasteiger partial charge in [-0.2, -0.15) is 0 Å². The molecule has 16 heavy (non-hydrogen) atoms. The van der Waals surface area contributed by atoms with Gasteiger partial charge >= 0.3 is 89.3 Å². The molecule has 0 aliphatic carbocycles. The Morgan fingerprint density at radius 2 is 0.812 bits per heavy atom. The second kappa shape index (κ2) is 10.3. The molecule has 0 aliphatic rings. The fourth-order valence-corrected chi connectivity index (χ4v) is 4.21. The van der Waals surface area contributed by atoms with Crippen molar-refractivity contribution in [1.29, 1.82) is 0 Å². The van der Waals surface area contributed by atoms with Crippen LogP contribution in [0.25, 0.3) is 0 Å². The molecule has 0 saturated carbocycles. The predicted molar refractivity (Wildman–Crippen MR) is 81.0 cm³/mol. The van der Waals surface area contributed by atoms with Gasteiger partial charge in [-0.25, -0.2) is 0 Å². The first-order valence-corrected chi connectivity index (χ1v) is 7.18. The van der Waals surface area contributed by atoms with Gasteiger partial charge in [0, 0.05) is 0 Å². The van der Waals surface area contributed by atoms with Crippen LogP contribution in [0.2, 0.25) is 0 Å². The molecule has 0 aromatic heterocycles. The summed E-state index contributed by atoms with van der Waals surface area (Å²) in [4.78, 5) is 0. The van der Waals surface area contributed by atoms with E-state index in [0.29, 0.717) is 0 Å². The predicted octanol–water partition coefficient (Wildman–Crippen LogP) is 2.34. The number of rotatable bonds is 2. The van der Waals surface area contributed by atoms with Gasteiger partial charge in [0.2, 0.25) is 0 Å². The van der Waals surface area contributed by atoms with E-state index in [0.717, 1.165) is 0 Å². The van der Waals surface area contributed by atoms with Gasteiger partial charge in [-0.05, 0) is 0 Å². The second-order valence-electron chi connectivity index (χ2n) is 2.86. The van der Waals surface area contributed by atoms with Gasteiger partial charge in [-0.3, -0.25) is 0 Å². The van der Waals surface area contributed by atoms with Crippen molar-refractivity contribution in [2.45, 2.75) is 0 Å². The summed E-state index contributed by atoms with van der Waals surface area (Å²) in [6.07, 6.45) is 0. The van der Waals surface area contributed by atoms with Crippen LogP contribution in [0.3, 0.4) is 0 Å². The Morgan fingerprint density at radius 1 is 0.500 bits per heavy atom. The molecule has 0 radical (unpaired) electrons. The van der Waals surface area contributed by atoms with Gasteiger partial charge in [0.25, 0.3) is 0 Å². The summed E-state index contributed by atoms with van der Waals surface area (Å²) in [6.45, 7) is 0. The third-order valence-electron chi connectivity index (χ3n) is 1.84. The van der Waals surface area contributed by atoms with Crippen molar-refractivity contribution in [2.75, 3.05) is 0 Å². The molecule has 0 atom stereocenters. The van der Waals surface area contributed by atoms with Crippen LogP contribution < -0.4 is 7.02 Å². The topological polar surface area (TPSA) is 0 Å². The minimum atomic E-state index is -0.517. The van der Waals surface area contributed by atoms with Crippen LogP contribution in [0.15, 0.2) is 60.7 Å². The summed E-state index contributed by atoms with van der Waals surface area (Å²) in [5.74, 6) is 0. The summed E-state index contributed by atoms with van der Waals surface area (Å²) in [7, 11) is 0. The monoisotopic (exact) mass is 384 g/mol. The van der Waals surface area contributed by atoms with Crippen LogP contribution >= 0.6 is 37.2 Å². The van der Waals surface area contributed by atoms with Crippen LogP contribution in [0.5, 0.6) is 0 Å². The van der Waals surface area contributed by atoms with Crippen LogP contribution in [0.4, 0.5) is 0 Å². The van der Waals surface area contributed by atoms with Crippen molar-refractivity contribution in [3.8, 4) is 0 Å². The molecule has 0 N–H and O–H groups in total. The molecule has 0 fully saturated rings. The SMILES string of the molecule is Cl.Cl.Cl.c1cc[c]([SbH][c]2ccccc2)cc1. The molecule has 2 rings (SSSR count).